The van der Waals surface area contributed by atoms with Crippen LogP contribution in [0.1, 0.15) is 19.3 Å². The van der Waals surface area contributed by atoms with Crippen LogP contribution >= 0.6 is 0 Å². The predicted octanol–water partition coefficient (Wildman–Crippen LogP) is 0.121. The first-order chi connectivity index (χ1) is 7.20. The summed E-state index contributed by atoms with van der Waals surface area (Å²) in [7, 11) is 0. The van der Waals surface area contributed by atoms with Crippen LogP contribution in [0.5, 0.6) is 0 Å². The third-order valence-corrected chi connectivity index (χ3v) is 2.92. The quantitative estimate of drug-likeness (QED) is 0.636. The molecule has 1 aliphatic rings. The number of aliphatic hydroxyl groups is 1. The molecule has 0 aromatic heterocycles. The van der Waals surface area contributed by atoms with Gasteiger partial charge in [0.25, 0.3) is 0 Å². The van der Waals surface area contributed by atoms with Crippen LogP contribution in [0.3, 0.4) is 0 Å². The van der Waals surface area contributed by atoms with E-state index < -0.39 is 0 Å². The molecule has 0 heterocycles. The summed E-state index contributed by atoms with van der Waals surface area (Å²) in [5.74, 6) is 0.00505. The van der Waals surface area contributed by atoms with Crippen molar-refractivity contribution in [3.05, 3.63) is 12.7 Å². The third kappa shape index (κ3) is 3.04. The second-order valence-corrected chi connectivity index (χ2v) is 4.00. The summed E-state index contributed by atoms with van der Waals surface area (Å²) < 4.78 is 0. The average Bonchev–Trinajstić information content (AvgIpc) is 2.63. The van der Waals surface area contributed by atoms with Gasteiger partial charge in [-0.15, -0.1) is 6.58 Å². The summed E-state index contributed by atoms with van der Waals surface area (Å²) in [4.78, 5) is 13.7. The van der Waals surface area contributed by atoms with Gasteiger partial charge in [0, 0.05) is 19.1 Å². The van der Waals surface area contributed by atoms with Gasteiger partial charge < -0.3 is 15.7 Å². The minimum Gasteiger partial charge on any atom is -0.395 e. The largest absolute Gasteiger partial charge is 0.395 e. The van der Waals surface area contributed by atoms with Crippen LogP contribution in [0.2, 0.25) is 0 Å². The van der Waals surface area contributed by atoms with E-state index in [9.17, 15) is 4.79 Å². The lowest BCUT2D eigenvalue weighted by Gasteiger charge is -2.25. The highest BCUT2D eigenvalue weighted by atomic mass is 16.3. The molecule has 1 fully saturated rings. The van der Waals surface area contributed by atoms with Gasteiger partial charge in [0.2, 0.25) is 5.91 Å². The van der Waals surface area contributed by atoms with E-state index in [4.69, 9.17) is 10.8 Å². The molecular weight excluding hydrogens is 192 g/mol. The minimum absolute atomic E-state index is 0.0106. The van der Waals surface area contributed by atoms with E-state index in [1.54, 1.807) is 11.0 Å². The molecule has 4 nitrogen and oxygen atoms in total. The number of amides is 1. The monoisotopic (exact) mass is 212 g/mol. The SMILES string of the molecule is C=CCN(CCO)C(=O)C1CCCC1N. The van der Waals surface area contributed by atoms with Crippen molar-refractivity contribution in [2.24, 2.45) is 11.7 Å². The summed E-state index contributed by atoms with van der Waals surface area (Å²) >= 11 is 0. The number of nitrogens with two attached hydrogens (primary N) is 1. The molecule has 0 radical (unpaired) electrons. The standard InChI is InChI=1S/C11H20N2O2/c1-2-6-13(7-8-14)11(15)9-4-3-5-10(9)12/h2,9-10,14H,1,3-8,12H2. The lowest BCUT2D eigenvalue weighted by atomic mass is 10.0. The molecule has 86 valence electrons. The smallest absolute Gasteiger partial charge is 0.227 e. The van der Waals surface area contributed by atoms with E-state index in [1.165, 1.54) is 0 Å². The predicted molar refractivity (Wildman–Crippen MR) is 59.2 cm³/mol. The summed E-state index contributed by atoms with van der Waals surface area (Å²) in [6.45, 7) is 4.45. The number of aliphatic hydroxyl groups excluding tert-OH is 1. The Morgan fingerprint density at radius 2 is 2.33 bits per heavy atom. The Kier molecular flexibility index (Phi) is 4.78. The number of rotatable bonds is 5. The van der Waals surface area contributed by atoms with Gasteiger partial charge in [-0.05, 0) is 12.8 Å². The number of hydrogen-bond acceptors (Lipinski definition) is 3. The highest BCUT2D eigenvalue weighted by Crippen LogP contribution is 2.25. The van der Waals surface area contributed by atoms with Crippen molar-refractivity contribution < 1.29 is 9.90 Å². The van der Waals surface area contributed by atoms with Crippen molar-refractivity contribution in [2.45, 2.75) is 25.3 Å². The molecule has 1 amide bonds. The summed E-state index contributed by atoms with van der Waals surface area (Å²) in [5.41, 5.74) is 5.87. The van der Waals surface area contributed by atoms with Crippen LogP contribution in [-0.4, -0.2) is 41.7 Å². The molecule has 0 bridgehead atoms. The van der Waals surface area contributed by atoms with Crippen molar-refractivity contribution in [2.75, 3.05) is 19.7 Å². The van der Waals surface area contributed by atoms with Crippen LogP contribution in [0.4, 0.5) is 0 Å². The Bertz CT molecular complexity index is 231. The Labute approximate surface area is 90.7 Å². The molecule has 2 atom stereocenters. The van der Waals surface area contributed by atoms with Gasteiger partial charge in [0.15, 0.2) is 0 Å². The fourth-order valence-electron chi connectivity index (χ4n) is 2.10. The van der Waals surface area contributed by atoms with E-state index in [0.29, 0.717) is 13.1 Å². The van der Waals surface area contributed by atoms with Crippen molar-refractivity contribution in [3.8, 4) is 0 Å². The van der Waals surface area contributed by atoms with Gasteiger partial charge in [-0.1, -0.05) is 12.5 Å². The van der Waals surface area contributed by atoms with Crippen molar-refractivity contribution in [3.63, 3.8) is 0 Å². The van der Waals surface area contributed by atoms with Gasteiger partial charge in [0.05, 0.1) is 12.5 Å². The highest BCUT2D eigenvalue weighted by molar-refractivity contribution is 5.80. The maximum atomic E-state index is 12.0. The Hall–Kier alpha value is -0.870. The van der Waals surface area contributed by atoms with Crippen LogP contribution in [0.15, 0.2) is 12.7 Å². The first-order valence-corrected chi connectivity index (χ1v) is 5.46. The number of carbonyl (C=O) groups is 1. The molecule has 2 unspecified atom stereocenters. The summed E-state index contributed by atoms with van der Waals surface area (Å²) in [6, 6.07) is -0.0106. The first-order valence-electron chi connectivity index (χ1n) is 5.46. The molecule has 0 aromatic rings. The van der Waals surface area contributed by atoms with Gasteiger partial charge in [-0.2, -0.15) is 0 Å². The van der Waals surface area contributed by atoms with Crippen LogP contribution in [-0.2, 0) is 4.79 Å². The normalized spacial score (nSPS) is 25.2. The van der Waals surface area contributed by atoms with E-state index >= 15 is 0 Å². The van der Waals surface area contributed by atoms with Gasteiger partial charge >= 0.3 is 0 Å². The molecule has 1 aliphatic carbocycles. The van der Waals surface area contributed by atoms with Crippen molar-refractivity contribution >= 4 is 5.91 Å². The Morgan fingerprint density at radius 1 is 1.60 bits per heavy atom. The second-order valence-electron chi connectivity index (χ2n) is 4.00. The minimum atomic E-state index is -0.0588. The van der Waals surface area contributed by atoms with Gasteiger partial charge in [-0.25, -0.2) is 0 Å². The van der Waals surface area contributed by atoms with Gasteiger partial charge in [-0.3, -0.25) is 4.79 Å². The van der Waals surface area contributed by atoms with E-state index in [1.807, 2.05) is 0 Å². The molecule has 3 N–H and O–H groups in total. The zero-order valence-corrected chi connectivity index (χ0v) is 9.06. The maximum Gasteiger partial charge on any atom is 0.227 e. The first kappa shape index (κ1) is 12.2. The lowest BCUT2D eigenvalue weighted by Crippen LogP contribution is -2.43. The van der Waals surface area contributed by atoms with Crippen molar-refractivity contribution in [1.82, 2.24) is 4.90 Å². The zero-order chi connectivity index (χ0) is 11.3. The molecule has 15 heavy (non-hydrogen) atoms. The zero-order valence-electron chi connectivity index (χ0n) is 9.06. The molecule has 1 rings (SSSR count). The molecule has 0 aliphatic heterocycles. The van der Waals surface area contributed by atoms with Gasteiger partial charge in [0.1, 0.15) is 0 Å². The van der Waals surface area contributed by atoms with E-state index in [2.05, 4.69) is 6.58 Å². The molecule has 4 heteroatoms. The molecular formula is C11H20N2O2. The summed E-state index contributed by atoms with van der Waals surface area (Å²) in [6.07, 6.45) is 4.50. The fourth-order valence-corrected chi connectivity index (χ4v) is 2.10. The van der Waals surface area contributed by atoms with E-state index in [0.717, 1.165) is 19.3 Å². The highest BCUT2D eigenvalue weighted by Gasteiger charge is 2.32. The van der Waals surface area contributed by atoms with Crippen LogP contribution < -0.4 is 5.73 Å². The number of carbonyl (C=O) groups excluding carboxylic acids is 1. The lowest BCUT2D eigenvalue weighted by molar-refractivity contribution is -0.135. The maximum absolute atomic E-state index is 12.0. The molecule has 1 saturated carbocycles. The number of nitrogens with zero attached hydrogens (tertiary/aromatic N) is 1. The molecule has 0 aromatic carbocycles. The number of hydrogen-bond donors (Lipinski definition) is 2. The van der Waals surface area contributed by atoms with Crippen LogP contribution in [0.25, 0.3) is 0 Å². The third-order valence-electron chi connectivity index (χ3n) is 2.92. The van der Waals surface area contributed by atoms with Crippen LogP contribution in [0, 0.1) is 5.92 Å². The molecule has 0 saturated heterocycles. The average molecular weight is 212 g/mol. The van der Waals surface area contributed by atoms with Crippen molar-refractivity contribution in [1.29, 1.82) is 0 Å². The second kappa shape index (κ2) is 5.88. The Morgan fingerprint density at radius 3 is 2.80 bits per heavy atom. The topological polar surface area (TPSA) is 66.6 Å². The molecule has 0 spiro atoms. The fraction of sp³-hybridized carbons (Fsp3) is 0.727. The Balaban J connectivity index is 2.57. The van der Waals surface area contributed by atoms with E-state index in [-0.39, 0.29) is 24.5 Å². The summed E-state index contributed by atoms with van der Waals surface area (Å²) in [5, 5.41) is 8.86.